The van der Waals surface area contributed by atoms with E-state index in [4.69, 9.17) is 0 Å². The summed E-state index contributed by atoms with van der Waals surface area (Å²) in [5.41, 5.74) is 3.78. The summed E-state index contributed by atoms with van der Waals surface area (Å²) < 4.78 is 2.14. The molecule has 0 saturated heterocycles. The predicted molar refractivity (Wildman–Crippen MR) is 97.5 cm³/mol. The van der Waals surface area contributed by atoms with Gasteiger partial charge >= 0.3 is 0 Å². The van der Waals surface area contributed by atoms with E-state index < -0.39 is 0 Å². The first-order valence-corrected chi connectivity index (χ1v) is 9.07. The Kier molecular flexibility index (Phi) is 5.53. The van der Waals surface area contributed by atoms with Gasteiger partial charge in [-0.3, -0.25) is 9.78 Å². The van der Waals surface area contributed by atoms with Gasteiger partial charge in [-0.25, -0.2) is 0 Å². The van der Waals surface area contributed by atoms with E-state index in [1.807, 2.05) is 38.1 Å². The van der Waals surface area contributed by atoms with Crippen LogP contribution in [-0.4, -0.2) is 33.2 Å². The van der Waals surface area contributed by atoms with Crippen LogP contribution in [0, 0.1) is 19.8 Å². The molecule has 0 radical (unpaired) electrons. The maximum absolute atomic E-state index is 12.7. The molecule has 0 bridgehead atoms. The Balaban J connectivity index is 1.68. The summed E-state index contributed by atoms with van der Waals surface area (Å²) >= 11 is 0. The molecule has 0 unspecified atom stereocenters. The predicted octanol–water partition coefficient (Wildman–Crippen LogP) is 2.83. The molecule has 5 heteroatoms. The fourth-order valence-corrected chi connectivity index (χ4v) is 3.68. The van der Waals surface area contributed by atoms with Crippen LogP contribution in [0.4, 0.5) is 0 Å². The molecule has 1 saturated carbocycles. The summed E-state index contributed by atoms with van der Waals surface area (Å²) in [6, 6.07) is 8.07. The third-order valence-corrected chi connectivity index (χ3v) is 5.30. The van der Waals surface area contributed by atoms with Crippen molar-refractivity contribution in [3.05, 3.63) is 53.1 Å². The SMILES string of the molecule is Cc1cc(C(=O)NC2CCC(CO)CC2)c(C)n1Cc1ccccn1. The van der Waals surface area contributed by atoms with Crippen LogP contribution in [0.3, 0.4) is 0 Å². The molecule has 5 nitrogen and oxygen atoms in total. The molecule has 2 N–H and O–H groups in total. The molecule has 0 atom stereocenters. The van der Waals surface area contributed by atoms with E-state index in [1.165, 1.54) is 0 Å². The highest BCUT2D eigenvalue weighted by Gasteiger charge is 2.24. The minimum absolute atomic E-state index is 0.00724. The number of rotatable bonds is 5. The topological polar surface area (TPSA) is 67.2 Å². The number of nitrogens with one attached hydrogen (secondary N) is 1. The molecule has 25 heavy (non-hydrogen) atoms. The molecule has 0 aromatic carbocycles. The summed E-state index contributed by atoms with van der Waals surface area (Å²) in [4.78, 5) is 17.1. The van der Waals surface area contributed by atoms with Crippen molar-refractivity contribution in [2.75, 3.05) is 6.61 Å². The maximum atomic E-state index is 12.7. The minimum Gasteiger partial charge on any atom is -0.396 e. The van der Waals surface area contributed by atoms with Crippen LogP contribution >= 0.6 is 0 Å². The number of aliphatic hydroxyl groups excluding tert-OH is 1. The molecule has 3 rings (SSSR count). The van der Waals surface area contributed by atoms with Gasteiger partial charge in [0.25, 0.3) is 5.91 Å². The van der Waals surface area contributed by atoms with Crippen molar-refractivity contribution in [2.24, 2.45) is 5.92 Å². The zero-order valence-electron chi connectivity index (χ0n) is 15.0. The first-order chi connectivity index (χ1) is 12.1. The first-order valence-electron chi connectivity index (χ1n) is 9.07. The lowest BCUT2D eigenvalue weighted by Gasteiger charge is -2.27. The van der Waals surface area contributed by atoms with E-state index in [0.29, 0.717) is 12.5 Å². The average molecular weight is 341 g/mol. The van der Waals surface area contributed by atoms with E-state index in [9.17, 15) is 9.90 Å². The summed E-state index contributed by atoms with van der Waals surface area (Å²) in [6.45, 7) is 4.95. The summed E-state index contributed by atoms with van der Waals surface area (Å²) in [5.74, 6) is 0.407. The van der Waals surface area contributed by atoms with Gasteiger partial charge in [0.15, 0.2) is 0 Å². The molecule has 2 aromatic heterocycles. The fourth-order valence-electron chi connectivity index (χ4n) is 3.68. The van der Waals surface area contributed by atoms with E-state index >= 15 is 0 Å². The number of aromatic nitrogens is 2. The van der Waals surface area contributed by atoms with E-state index in [1.54, 1.807) is 6.20 Å². The van der Waals surface area contributed by atoms with Crippen molar-refractivity contribution in [1.82, 2.24) is 14.9 Å². The molecular weight excluding hydrogens is 314 g/mol. The molecule has 1 aliphatic rings. The average Bonchev–Trinajstić information content (AvgIpc) is 2.91. The van der Waals surface area contributed by atoms with E-state index in [2.05, 4.69) is 14.9 Å². The highest BCUT2D eigenvalue weighted by molar-refractivity contribution is 5.95. The molecule has 0 spiro atoms. The van der Waals surface area contributed by atoms with Crippen molar-refractivity contribution in [3.8, 4) is 0 Å². The molecule has 1 amide bonds. The smallest absolute Gasteiger partial charge is 0.253 e. The van der Waals surface area contributed by atoms with Crippen LogP contribution in [0.15, 0.2) is 30.5 Å². The van der Waals surface area contributed by atoms with Gasteiger partial charge in [-0.15, -0.1) is 0 Å². The van der Waals surface area contributed by atoms with Crippen LogP contribution in [-0.2, 0) is 6.54 Å². The van der Waals surface area contributed by atoms with Crippen molar-refractivity contribution in [2.45, 2.75) is 52.1 Å². The number of aliphatic hydroxyl groups is 1. The normalized spacial score (nSPS) is 20.4. The van der Waals surface area contributed by atoms with E-state index in [0.717, 1.165) is 48.3 Å². The molecule has 1 aliphatic carbocycles. The third-order valence-electron chi connectivity index (χ3n) is 5.30. The summed E-state index contributed by atoms with van der Waals surface area (Å²) in [7, 11) is 0. The molecule has 2 aromatic rings. The lowest BCUT2D eigenvalue weighted by atomic mass is 9.86. The second-order valence-corrected chi connectivity index (χ2v) is 7.07. The highest BCUT2D eigenvalue weighted by Crippen LogP contribution is 2.24. The number of amides is 1. The second-order valence-electron chi connectivity index (χ2n) is 7.07. The molecule has 134 valence electrons. The Bertz CT molecular complexity index is 716. The van der Waals surface area contributed by atoms with Crippen LogP contribution in [0.5, 0.6) is 0 Å². The number of aryl methyl sites for hydroxylation is 1. The Hall–Kier alpha value is -2.14. The van der Waals surface area contributed by atoms with Gasteiger partial charge in [0.2, 0.25) is 0 Å². The number of carbonyl (C=O) groups excluding carboxylic acids is 1. The molecule has 2 heterocycles. The maximum Gasteiger partial charge on any atom is 0.253 e. The van der Waals surface area contributed by atoms with Gasteiger partial charge < -0.3 is 15.0 Å². The Labute approximate surface area is 149 Å². The summed E-state index contributed by atoms with van der Waals surface area (Å²) in [6.07, 6.45) is 5.66. The van der Waals surface area contributed by atoms with Gasteiger partial charge in [-0.1, -0.05) is 6.07 Å². The number of hydrogen-bond donors (Lipinski definition) is 2. The van der Waals surface area contributed by atoms with Crippen molar-refractivity contribution in [1.29, 1.82) is 0 Å². The third kappa shape index (κ3) is 4.10. The minimum atomic E-state index is 0.00724. The monoisotopic (exact) mass is 341 g/mol. The van der Waals surface area contributed by atoms with Crippen molar-refractivity contribution in [3.63, 3.8) is 0 Å². The Morgan fingerprint density at radius 2 is 2.04 bits per heavy atom. The second kappa shape index (κ2) is 7.83. The quantitative estimate of drug-likeness (QED) is 0.879. The molecule has 0 aliphatic heterocycles. The Morgan fingerprint density at radius 3 is 2.68 bits per heavy atom. The number of hydrogen-bond acceptors (Lipinski definition) is 3. The van der Waals surface area contributed by atoms with Gasteiger partial charge in [0.1, 0.15) is 0 Å². The fraction of sp³-hybridized carbons (Fsp3) is 0.500. The number of pyridine rings is 1. The zero-order valence-corrected chi connectivity index (χ0v) is 15.0. The first kappa shape index (κ1) is 17.7. The lowest BCUT2D eigenvalue weighted by Crippen LogP contribution is -2.38. The van der Waals surface area contributed by atoms with Gasteiger partial charge in [-0.2, -0.15) is 0 Å². The highest BCUT2D eigenvalue weighted by atomic mass is 16.3. The number of nitrogens with zero attached hydrogens (tertiary/aromatic N) is 2. The van der Waals surface area contributed by atoms with Gasteiger partial charge in [0.05, 0.1) is 17.8 Å². The Morgan fingerprint density at radius 1 is 1.28 bits per heavy atom. The van der Waals surface area contributed by atoms with Crippen LogP contribution < -0.4 is 5.32 Å². The van der Waals surface area contributed by atoms with Crippen molar-refractivity contribution >= 4 is 5.91 Å². The number of carbonyl (C=O) groups is 1. The largest absolute Gasteiger partial charge is 0.396 e. The molecule has 1 fully saturated rings. The van der Waals surface area contributed by atoms with Gasteiger partial charge in [0, 0.05) is 30.2 Å². The van der Waals surface area contributed by atoms with Crippen LogP contribution in [0.2, 0.25) is 0 Å². The standard InChI is InChI=1S/C20H27N3O2/c1-14-11-19(15(2)23(14)12-18-5-3-4-10-21-18)20(25)22-17-8-6-16(13-24)7-9-17/h3-5,10-11,16-17,24H,6-9,12-13H2,1-2H3,(H,22,25). The van der Waals surface area contributed by atoms with E-state index in [-0.39, 0.29) is 18.6 Å². The summed E-state index contributed by atoms with van der Waals surface area (Å²) in [5, 5.41) is 12.4. The van der Waals surface area contributed by atoms with Crippen LogP contribution in [0.25, 0.3) is 0 Å². The van der Waals surface area contributed by atoms with Gasteiger partial charge in [-0.05, 0) is 63.6 Å². The van der Waals surface area contributed by atoms with Crippen molar-refractivity contribution < 1.29 is 9.90 Å². The lowest BCUT2D eigenvalue weighted by molar-refractivity contribution is 0.0913. The zero-order chi connectivity index (χ0) is 17.8. The molecular formula is C20H27N3O2. The van der Waals surface area contributed by atoms with Crippen LogP contribution in [0.1, 0.15) is 53.1 Å².